The molecule has 0 aliphatic carbocycles. The fourth-order valence-electron chi connectivity index (χ4n) is 2.88. The highest BCUT2D eigenvalue weighted by molar-refractivity contribution is 7.99. The Labute approximate surface area is 167 Å². The standard InChI is InChI=1S/C22H19N3O2S/c1-15-9-11-17(12-10-15)23-20(26)13-14-28-22-25-24-21(27-22)19-8-4-6-16-5-2-3-7-18(16)19/h2-12H,13-14H2,1H3,(H,23,26). The highest BCUT2D eigenvalue weighted by atomic mass is 32.2. The molecular formula is C22H19N3O2S. The lowest BCUT2D eigenvalue weighted by atomic mass is 10.0. The maximum absolute atomic E-state index is 12.1. The van der Waals surface area contributed by atoms with Gasteiger partial charge in [0.15, 0.2) is 0 Å². The molecule has 1 heterocycles. The van der Waals surface area contributed by atoms with Crippen LogP contribution >= 0.6 is 11.8 Å². The summed E-state index contributed by atoms with van der Waals surface area (Å²) in [6.07, 6.45) is 0.366. The average molecular weight is 389 g/mol. The molecule has 3 aromatic carbocycles. The van der Waals surface area contributed by atoms with E-state index in [4.69, 9.17) is 4.42 Å². The van der Waals surface area contributed by atoms with Gasteiger partial charge in [-0.1, -0.05) is 65.9 Å². The lowest BCUT2D eigenvalue weighted by molar-refractivity contribution is -0.115. The third-order valence-electron chi connectivity index (χ3n) is 4.32. The number of amides is 1. The van der Waals surface area contributed by atoms with Crippen LogP contribution < -0.4 is 5.32 Å². The number of fused-ring (bicyclic) bond motifs is 1. The summed E-state index contributed by atoms with van der Waals surface area (Å²) in [6.45, 7) is 2.01. The van der Waals surface area contributed by atoms with E-state index in [0.29, 0.717) is 23.3 Å². The van der Waals surface area contributed by atoms with Gasteiger partial charge in [0.25, 0.3) is 5.22 Å². The molecule has 0 spiro atoms. The predicted molar refractivity (Wildman–Crippen MR) is 112 cm³/mol. The number of hydrogen-bond acceptors (Lipinski definition) is 5. The van der Waals surface area contributed by atoms with Gasteiger partial charge in [-0.25, -0.2) is 0 Å². The highest BCUT2D eigenvalue weighted by Gasteiger charge is 2.12. The minimum atomic E-state index is -0.0369. The molecule has 0 aliphatic heterocycles. The first-order chi connectivity index (χ1) is 13.7. The van der Waals surface area contributed by atoms with Crippen molar-refractivity contribution in [3.8, 4) is 11.5 Å². The number of nitrogens with zero attached hydrogens (tertiary/aromatic N) is 2. The molecule has 1 amide bonds. The third kappa shape index (κ3) is 4.23. The number of benzene rings is 3. The lowest BCUT2D eigenvalue weighted by Crippen LogP contribution is -2.12. The fourth-order valence-corrected chi connectivity index (χ4v) is 3.58. The van der Waals surface area contributed by atoms with Crippen molar-refractivity contribution >= 4 is 34.1 Å². The summed E-state index contributed by atoms with van der Waals surface area (Å²) in [5, 5.41) is 13.8. The number of hydrogen-bond donors (Lipinski definition) is 1. The molecule has 6 heteroatoms. The molecule has 1 N–H and O–H groups in total. The summed E-state index contributed by atoms with van der Waals surface area (Å²) >= 11 is 1.38. The minimum absolute atomic E-state index is 0.0369. The first-order valence-electron chi connectivity index (χ1n) is 9.00. The molecule has 28 heavy (non-hydrogen) atoms. The van der Waals surface area contributed by atoms with E-state index >= 15 is 0 Å². The largest absolute Gasteiger partial charge is 0.411 e. The van der Waals surface area contributed by atoms with Crippen LogP contribution in [0.4, 0.5) is 5.69 Å². The molecule has 0 saturated heterocycles. The maximum atomic E-state index is 12.1. The van der Waals surface area contributed by atoms with Crippen molar-refractivity contribution in [2.45, 2.75) is 18.6 Å². The van der Waals surface area contributed by atoms with E-state index in [9.17, 15) is 4.79 Å². The van der Waals surface area contributed by atoms with Crippen LogP contribution in [-0.4, -0.2) is 21.9 Å². The second-order valence-corrected chi connectivity index (χ2v) is 7.46. The van der Waals surface area contributed by atoms with Crippen LogP contribution in [0.2, 0.25) is 0 Å². The first kappa shape index (κ1) is 18.3. The van der Waals surface area contributed by atoms with Gasteiger partial charge < -0.3 is 9.73 Å². The number of carbonyl (C=O) groups is 1. The van der Waals surface area contributed by atoms with Gasteiger partial charge in [-0.05, 0) is 35.9 Å². The molecule has 4 aromatic rings. The zero-order chi connectivity index (χ0) is 19.3. The smallest absolute Gasteiger partial charge is 0.276 e. The quantitative estimate of drug-likeness (QED) is 0.452. The minimum Gasteiger partial charge on any atom is -0.411 e. The topological polar surface area (TPSA) is 68.0 Å². The van der Waals surface area contributed by atoms with Crippen LogP contribution in [0.15, 0.2) is 76.4 Å². The highest BCUT2D eigenvalue weighted by Crippen LogP contribution is 2.29. The van der Waals surface area contributed by atoms with E-state index in [-0.39, 0.29) is 5.91 Å². The van der Waals surface area contributed by atoms with Crippen molar-refractivity contribution in [1.29, 1.82) is 0 Å². The number of carbonyl (C=O) groups excluding carboxylic acids is 1. The molecule has 1 aromatic heterocycles. The number of anilines is 1. The maximum Gasteiger partial charge on any atom is 0.276 e. The molecular weight excluding hydrogens is 370 g/mol. The summed E-state index contributed by atoms with van der Waals surface area (Å²) in [6, 6.07) is 21.8. The van der Waals surface area contributed by atoms with E-state index in [1.54, 1.807) is 0 Å². The number of thioether (sulfide) groups is 1. The van der Waals surface area contributed by atoms with Crippen LogP contribution in [-0.2, 0) is 4.79 Å². The van der Waals surface area contributed by atoms with Crippen molar-refractivity contribution in [3.63, 3.8) is 0 Å². The van der Waals surface area contributed by atoms with E-state index in [0.717, 1.165) is 27.6 Å². The van der Waals surface area contributed by atoms with E-state index in [1.807, 2.05) is 61.5 Å². The Morgan fingerprint density at radius 1 is 1.00 bits per heavy atom. The van der Waals surface area contributed by atoms with Crippen molar-refractivity contribution < 1.29 is 9.21 Å². The first-order valence-corrected chi connectivity index (χ1v) is 9.98. The van der Waals surface area contributed by atoms with Gasteiger partial charge in [-0.2, -0.15) is 0 Å². The second-order valence-electron chi connectivity index (χ2n) is 6.41. The van der Waals surface area contributed by atoms with Gasteiger partial charge >= 0.3 is 0 Å². The van der Waals surface area contributed by atoms with Gasteiger partial charge in [-0.15, -0.1) is 10.2 Å². The molecule has 5 nitrogen and oxygen atoms in total. The van der Waals surface area contributed by atoms with Crippen LogP contribution in [0, 0.1) is 6.92 Å². The summed E-state index contributed by atoms with van der Waals surface area (Å²) in [5.74, 6) is 1.02. The molecule has 0 radical (unpaired) electrons. The monoisotopic (exact) mass is 389 g/mol. The van der Waals surface area contributed by atoms with Crippen molar-refractivity contribution in [1.82, 2.24) is 10.2 Å². The normalized spacial score (nSPS) is 10.9. The summed E-state index contributed by atoms with van der Waals surface area (Å²) in [7, 11) is 0. The number of aryl methyl sites for hydroxylation is 1. The number of rotatable bonds is 6. The van der Waals surface area contributed by atoms with Crippen LogP contribution in [0.5, 0.6) is 0 Å². The fraction of sp³-hybridized carbons (Fsp3) is 0.136. The molecule has 0 fully saturated rings. The van der Waals surface area contributed by atoms with Crippen LogP contribution in [0.25, 0.3) is 22.2 Å². The second kappa shape index (κ2) is 8.27. The predicted octanol–water partition coefficient (Wildman–Crippen LogP) is 5.32. The molecule has 140 valence electrons. The molecule has 0 atom stereocenters. The Morgan fingerprint density at radius 2 is 1.79 bits per heavy atom. The van der Waals surface area contributed by atoms with Gasteiger partial charge in [0, 0.05) is 23.4 Å². The van der Waals surface area contributed by atoms with Gasteiger partial charge in [-0.3, -0.25) is 4.79 Å². The number of aromatic nitrogens is 2. The zero-order valence-corrected chi connectivity index (χ0v) is 16.2. The van der Waals surface area contributed by atoms with Crippen molar-refractivity contribution in [2.24, 2.45) is 0 Å². The van der Waals surface area contributed by atoms with E-state index in [1.165, 1.54) is 11.8 Å². The molecule has 0 saturated carbocycles. The van der Waals surface area contributed by atoms with Crippen LogP contribution in [0.3, 0.4) is 0 Å². The molecule has 0 bridgehead atoms. The van der Waals surface area contributed by atoms with Crippen molar-refractivity contribution in [3.05, 3.63) is 72.3 Å². The Morgan fingerprint density at radius 3 is 2.64 bits per heavy atom. The number of nitrogens with one attached hydrogen (secondary N) is 1. The van der Waals surface area contributed by atoms with E-state index < -0.39 is 0 Å². The Bertz CT molecular complexity index is 1100. The Hall–Kier alpha value is -3.12. The summed E-state index contributed by atoms with van der Waals surface area (Å²) in [4.78, 5) is 12.1. The van der Waals surface area contributed by atoms with Gasteiger partial charge in [0.05, 0.1) is 0 Å². The molecule has 0 aliphatic rings. The van der Waals surface area contributed by atoms with Crippen LogP contribution in [0.1, 0.15) is 12.0 Å². The van der Waals surface area contributed by atoms with E-state index in [2.05, 4.69) is 27.6 Å². The van der Waals surface area contributed by atoms with Gasteiger partial charge in [0.1, 0.15) is 0 Å². The van der Waals surface area contributed by atoms with Crippen molar-refractivity contribution in [2.75, 3.05) is 11.1 Å². The Kier molecular flexibility index (Phi) is 5.39. The molecule has 4 rings (SSSR count). The lowest BCUT2D eigenvalue weighted by Gasteiger charge is -2.04. The zero-order valence-electron chi connectivity index (χ0n) is 15.4. The Balaban J connectivity index is 1.36. The molecule has 0 unspecified atom stereocenters. The summed E-state index contributed by atoms with van der Waals surface area (Å²) < 4.78 is 5.80. The third-order valence-corrected chi connectivity index (χ3v) is 5.14. The average Bonchev–Trinajstić information content (AvgIpc) is 3.18. The summed E-state index contributed by atoms with van der Waals surface area (Å²) in [5.41, 5.74) is 2.87. The SMILES string of the molecule is Cc1ccc(NC(=O)CCSc2nnc(-c3cccc4ccccc34)o2)cc1. The van der Waals surface area contributed by atoms with Gasteiger partial charge in [0.2, 0.25) is 11.8 Å².